The molecule has 0 heteroatoms. The van der Waals surface area contributed by atoms with Gasteiger partial charge in [0.25, 0.3) is 0 Å². The molecule has 0 spiro atoms. The molecule has 0 heterocycles. The first-order chi connectivity index (χ1) is 11.1. The van der Waals surface area contributed by atoms with E-state index >= 15 is 0 Å². The summed E-state index contributed by atoms with van der Waals surface area (Å²) in [6, 6.07) is 9.87. The molecule has 0 nitrogen and oxygen atoms in total. The Kier molecular flexibility index (Phi) is 4.90. The molecule has 0 atom stereocenters. The van der Waals surface area contributed by atoms with Crippen LogP contribution in [0.15, 0.2) is 24.3 Å². The quantitative estimate of drug-likeness (QED) is 0.484. The highest BCUT2D eigenvalue weighted by Crippen LogP contribution is 2.40. The lowest BCUT2D eigenvalue weighted by Crippen LogP contribution is -1.93. The fourth-order valence-electron chi connectivity index (χ4n) is 3.90. The van der Waals surface area contributed by atoms with Crippen LogP contribution in [0, 0.1) is 13.8 Å². The van der Waals surface area contributed by atoms with Crippen molar-refractivity contribution in [1.82, 2.24) is 0 Å². The molecule has 0 bridgehead atoms. The van der Waals surface area contributed by atoms with Crippen molar-refractivity contribution in [2.45, 2.75) is 72.6 Å². The topological polar surface area (TPSA) is 0 Å². The maximum Gasteiger partial charge on any atom is -0.00132 e. The van der Waals surface area contributed by atoms with E-state index in [4.69, 9.17) is 0 Å². The minimum absolute atomic E-state index is 1.12. The predicted molar refractivity (Wildman–Crippen MR) is 101 cm³/mol. The van der Waals surface area contributed by atoms with Crippen LogP contribution >= 0.6 is 0 Å². The maximum absolute atomic E-state index is 2.49. The summed E-state index contributed by atoms with van der Waals surface area (Å²) in [5.41, 5.74) is 12.1. The van der Waals surface area contributed by atoms with Crippen molar-refractivity contribution in [2.75, 3.05) is 0 Å². The highest BCUT2D eigenvalue weighted by Gasteiger charge is 2.21. The summed E-state index contributed by atoms with van der Waals surface area (Å²) in [5.74, 6) is 0. The largest absolute Gasteiger partial charge is 0.0654 e. The molecule has 0 unspecified atom stereocenters. The van der Waals surface area contributed by atoms with E-state index < -0.39 is 0 Å². The minimum Gasteiger partial charge on any atom is -0.0654 e. The fraction of sp³-hybridized carbons (Fsp3) is 0.478. The fourth-order valence-corrected chi connectivity index (χ4v) is 3.90. The number of aryl methyl sites for hydroxylation is 4. The highest BCUT2D eigenvalue weighted by atomic mass is 14.2. The Morgan fingerprint density at radius 3 is 1.52 bits per heavy atom. The van der Waals surface area contributed by atoms with Crippen molar-refractivity contribution in [3.05, 3.63) is 57.6 Å². The lowest BCUT2D eigenvalue weighted by molar-refractivity contribution is 0.791. The van der Waals surface area contributed by atoms with Crippen molar-refractivity contribution in [1.29, 1.82) is 0 Å². The molecule has 0 aliphatic heterocycles. The van der Waals surface area contributed by atoms with Crippen LogP contribution in [0.3, 0.4) is 0 Å². The Hall–Kier alpha value is -1.56. The minimum atomic E-state index is 1.12. The monoisotopic (exact) mass is 306 g/mol. The van der Waals surface area contributed by atoms with Gasteiger partial charge in [-0.2, -0.15) is 0 Å². The first-order valence-corrected chi connectivity index (χ1v) is 9.39. The number of unbranched alkanes of at least 4 members (excludes halogenated alkanes) is 2. The van der Waals surface area contributed by atoms with E-state index in [1.807, 2.05) is 0 Å². The molecular formula is C23H30. The average Bonchev–Trinajstić information content (AvgIpc) is 2.86. The second kappa shape index (κ2) is 6.91. The second-order valence-corrected chi connectivity index (χ2v) is 7.26. The summed E-state index contributed by atoms with van der Waals surface area (Å²) in [6.45, 7) is 9.12. The second-order valence-electron chi connectivity index (χ2n) is 7.26. The van der Waals surface area contributed by atoms with Gasteiger partial charge in [-0.05, 0) is 90.5 Å². The van der Waals surface area contributed by atoms with Crippen LogP contribution in [0.5, 0.6) is 0 Å². The van der Waals surface area contributed by atoms with Gasteiger partial charge in [0.15, 0.2) is 0 Å². The molecule has 1 aliphatic carbocycles. The molecule has 2 aromatic carbocycles. The van der Waals surface area contributed by atoms with Crippen molar-refractivity contribution >= 4 is 0 Å². The van der Waals surface area contributed by atoms with Crippen molar-refractivity contribution in [3.8, 4) is 11.1 Å². The molecule has 1 aliphatic rings. The van der Waals surface area contributed by atoms with Gasteiger partial charge in [-0.15, -0.1) is 0 Å². The third kappa shape index (κ3) is 3.22. The lowest BCUT2D eigenvalue weighted by Gasteiger charge is -2.11. The zero-order valence-corrected chi connectivity index (χ0v) is 15.3. The van der Waals surface area contributed by atoms with E-state index in [-0.39, 0.29) is 0 Å². The van der Waals surface area contributed by atoms with Gasteiger partial charge in [0.05, 0.1) is 0 Å². The molecule has 0 amide bonds. The summed E-state index contributed by atoms with van der Waals surface area (Å²) < 4.78 is 0. The molecule has 0 saturated heterocycles. The molecule has 0 N–H and O–H groups in total. The van der Waals surface area contributed by atoms with Gasteiger partial charge in [0.1, 0.15) is 0 Å². The average molecular weight is 306 g/mol. The van der Waals surface area contributed by atoms with E-state index in [0.29, 0.717) is 0 Å². The molecule has 0 radical (unpaired) electrons. The van der Waals surface area contributed by atoms with Crippen molar-refractivity contribution in [3.63, 3.8) is 0 Å². The third-order valence-corrected chi connectivity index (χ3v) is 5.39. The van der Waals surface area contributed by atoms with Gasteiger partial charge in [-0.3, -0.25) is 0 Å². The molecule has 2 aromatic rings. The number of hydrogen-bond donors (Lipinski definition) is 0. The lowest BCUT2D eigenvalue weighted by atomic mass is 9.93. The standard InChI is InChI=1S/C23H30/c1-5-7-9-18-14-22-20(11-16(18)3)13-21-12-17(4)19(10-8-6-2)15-23(21)22/h11-12,14-15H,5-10,13H2,1-4H3. The van der Waals surface area contributed by atoms with Crippen LogP contribution < -0.4 is 0 Å². The highest BCUT2D eigenvalue weighted by molar-refractivity contribution is 5.79. The summed E-state index contributed by atoms with van der Waals surface area (Å²) >= 11 is 0. The Morgan fingerprint density at radius 1 is 0.696 bits per heavy atom. The number of hydrogen-bond acceptors (Lipinski definition) is 0. The first-order valence-electron chi connectivity index (χ1n) is 9.39. The summed E-state index contributed by atoms with van der Waals surface area (Å²) in [7, 11) is 0. The van der Waals surface area contributed by atoms with Crippen molar-refractivity contribution < 1.29 is 0 Å². The van der Waals surface area contributed by atoms with Crippen LogP contribution in [0.25, 0.3) is 11.1 Å². The Bertz CT molecular complexity index is 645. The summed E-state index contributed by atoms with van der Waals surface area (Å²) in [5, 5.41) is 0. The van der Waals surface area contributed by atoms with Crippen LogP contribution in [0.2, 0.25) is 0 Å². The summed E-state index contributed by atoms with van der Waals surface area (Å²) in [4.78, 5) is 0. The van der Waals surface area contributed by atoms with Gasteiger partial charge < -0.3 is 0 Å². The maximum atomic E-state index is 2.49. The number of fused-ring (bicyclic) bond motifs is 3. The molecule has 0 aromatic heterocycles. The van der Waals surface area contributed by atoms with Gasteiger partial charge >= 0.3 is 0 Å². The van der Waals surface area contributed by atoms with E-state index in [9.17, 15) is 0 Å². The van der Waals surface area contributed by atoms with E-state index in [0.717, 1.165) is 6.42 Å². The molecular weight excluding hydrogens is 276 g/mol. The van der Waals surface area contributed by atoms with Gasteiger partial charge in [0, 0.05) is 0 Å². The van der Waals surface area contributed by atoms with Crippen LogP contribution in [0.4, 0.5) is 0 Å². The predicted octanol–water partition coefficient (Wildman–Crippen LogP) is 6.56. The number of benzene rings is 2. The molecule has 0 saturated carbocycles. The molecule has 23 heavy (non-hydrogen) atoms. The van der Waals surface area contributed by atoms with Crippen LogP contribution in [-0.4, -0.2) is 0 Å². The summed E-state index contributed by atoms with van der Waals surface area (Å²) in [6.07, 6.45) is 8.69. The van der Waals surface area contributed by atoms with Crippen molar-refractivity contribution in [2.24, 2.45) is 0 Å². The van der Waals surface area contributed by atoms with E-state index in [1.165, 1.54) is 71.9 Å². The molecule has 3 rings (SSSR count). The smallest absolute Gasteiger partial charge is 0.00132 e. The first kappa shape index (κ1) is 16.3. The number of rotatable bonds is 6. The Morgan fingerprint density at radius 2 is 1.13 bits per heavy atom. The third-order valence-electron chi connectivity index (χ3n) is 5.39. The van der Waals surface area contributed by atoms with Crippen LogP contribution in [0.1, 0.15) is 72.9 Å². The SMILES string of the molecule is CCCCc1cc2c(cc1C)Cc1cc(C)c(CCCC)cc1-2. The zero-order valence-electron chi connectivity index (χ0n) is 15.3. The zero-order chi connectivity index (χ0) is 16.4. The van der Waals surface area contributed by atoms with Gasteiger partial charge in [-0.25, -0.2) is 0 Å². The van der Waals surface area contributed by atoms with E-state index in [2.05, 4.69) is 52.0 Å². The van der Waals surface area contributed by atoms with Crippen LogP contribution in [-0.2, 0) is 19.3 Å². The normalized spacial score (nSPS) is 12.3. The van der Waals surface area contributed by atoms with E-state index in [1.54, 1.807) is 11.1 Å². The molecule has 122 valence electrons. The Labute approximate surface area is 141 Å². The van der Waals surface area contributed by atoms with Gasteiger partial charge in [-0.1, -0.05) is 51.0 Å². The molecule has 0 fully saturated rings. The Balaban J connectivity index is 2.00. The van der Waals surface area contributed by atoms with Gasteiger partial charge in [0.2, 0.25) is 0 Å².